The molecule has 0 radical (unpaired) electrons. The average Bonchev–Trinajstić information content (AvgIpc) is 2.47. The number of amides is 2. The van der Waals surface area contributed by atoms with Crippen LogP contribution in [0.3, 0.4) is 0 Å². The van der Waals surface area contributed by atoms with Crippen LogP contribution >= 0.6 is 11.6 Å². The van der Waals surface area contributed by atoms with E-state index in [1.807, 2.05) is 0 Å². The minimum atomic E-state index is -0.859. The van der Waals surface area contributed by atoms with Crippen LogP contribution in [0.25, 0.3) is 0 Å². The Balaban J connectivity index is 1.84. The summed E-state index contributed by atoms with van der Waals surface area (Å²) in [6, 6.07) is 11.7. The Bertz CT molecular complexity index is 619. The fourth-order valence-corrected chi connectivity index (χ4v) is 1.93. The van der Waals surface area contributed by atoms with E-state index in [2.05, 4.69) is 10.6 Å². The molecule has 2 amide bonds. The quantitative estimate of drug-likeness (QED) is 0.811. The van der Waals surface area contributed by atoms with E-state index in [-0.39, 0.29) is 12.4 Å². The topological polar surface area (TPSA) is 61.4 Å². The number of urea groups is 1. The fourth-order valence-electron chi connectivity index (χ4n) is 1.73. The zero-order valence-electron chi connectivity index (χ0n) is 11.0. The highest BCUT2D eigenvalue weighted by Gasteiger charge is 2.10. The molecule has 0 fully saturated rings. The summed E-state index contributed by atoms with van der Waals surface area (Å²) in [5, 5.41) is 15.5. The van der Waals surface area contributed by atoms with Crippen molar-refractivity contribution in [2.75, 3.05) is 11.9 Å². The predicted octanol–water partition coefficient (Wildman–Crippen LogP) is 3.33. The summed E-state index contributed by atoms with van der Waals surface area (Å²) >= 11 is 5.83. The van der Waals surface area contributed by atoms with Crippen molar-refractivity contribution in [2.24, 2.45) is 0 Å². The van der Waals surface area contributed by atoms with E-state index in [9.17, 15) is 14.3 Å². The van der Waals surface area contributed by atoms with Gasteiger partial charge in [-0.05, 0) is 42.0 Å². The molecule has 21 heavy (non-hydrogen) atoms. The Morgan fingerprint density at radius 2 is 1.95 bits per heavy atom. The molecule has 0 heterocycles. The van der Waals surface area contributed by atoms with Gasteiger partial charge in [-0.2, -0.15) is 0 Å². The number of rotatable bonds is 4. The Labute approximate surface area is 126 Å². The summed E-state index contributed by atoms with van der Waals surface area (Å²) in [4.78, 5) is 11.6. The van der Waals surface area contributed by atoms with E-state index in [0.29, 0.717) is 16.3 Å². The van der Waals surface area contributed by atoms with Crippen molar-refractivity contribution in [3.63, 3.8) is 0 Å². The molecule has 0 aliphatic rings. The molecular weight excluding hydrogens is 295 g/mol. The molecule has 1 atom stereocenters. The number of hydrogen-bond acceptors (Lipinski definition) is 2. The van der Waals surface area contributed by atoms with Gasteiger partial charge in [0.25, 0.3) is 0 Å². The Kier molecular flexibility index (Phi) is 5.14. The molecule has 0 bridgehead atoms. The van der Waals surface area contributed by atoms with Crippen LogP contribution in [0.15, 0.2) is 48.5 Å². The molecule has 2 aromatic carbocycles. The second-order valence-electron chi connectivity index (χ2n) is 4.41. The summed E-state index contributed by atoms with van der Waals surface area (Å²) in [5.41, 5.74) is 1.08. The Hall–Kier alpha value is -2.11. The lowest BCUT2D eigenvalue weighted by Gasteiger charge is -2.13. The fraction of sp³-hybridized carbons (Fsp3) is 0.133. The maximum atomic E-state index is 12.7. The van der Waals surface area contributed by atoms with Crippen molar-refractivity contribution < 1.29 is 14.3 Å². The molecule has 4 nitrogen and oxygen atoms in total. The van der Waals surface area contributed by atoms with Crippen LogP contribution in [0.2, 0.25) is 5.02 Å². The van der Waals surface area contributed by atoms with Gasteiger partial charge in [0.2, 0.25) is 0 Å². The second kappa shape index (κ2) is 7.06. The third-order valence-corrected chi connectivity index (χ3v) is 3.03. The summed E-state index contributed by atoms with van der Waals surface area (Å²) in [6.07, 6.45) is -0.859. The van der Waals surface area contributed by atoms with Crippen LogP contribution in [0.1, 0.15) is 11.7 Å². The molecule has 0 aliphatic heterocycles. The molecule has 6 heteroatoms. The number of carbonyl (C=O) groups excluding carboxylic acids is 1. The van der Waals surface area contributed by atoms with Crippen molar-refractivity contribution in [3.8, 4) is 0 Å². The second-order valence-corrected chi connectivity index (χ2v) is 4.85. The first-order valence-electron chi connectivity index (χ1n) is 6.28. The minimum absolute atomic E-state index is 0.0351. The van der Waals surface area contributed by atoms with E-state index in [1.54, 1.807) is 24.3 Å². The number of carbonyl (C=O) groups is 1. The zero-order chi connectivity index (χ0) is 15.2. The first kappa shape index (κ1) is 15.3. The highest BCUT2D eigenvalue weighted by molar-refractivity contribution is 6.30. The van der Waals surface area contributed by atoms with Gasteiger partial charge in [0.1, 0.15) is 5.82 Å². The smallest absolute Gasteiger partial charge is 0.319 e. The molecular formula is C15H14ClFN2O2. The van der Waals surface area contributed by atoms with Gasteiger partial charge in [-0.25, -0.2) is 9.18 Å². The zero-order valence-corrected chi connectivity index (χ0v) is 11.8. The number of anilines is 1. The number of hydrogen-bond donors (Lipinski definition) is 3. The van der Waals surface area contributed by atoms with Crippen molar-refractivity contribution in [1.29, 1.82) is 0 Å². The Morgan fingerprint density at radius 1 is 1.24 bits per heavy atom. The lowest BCUT2D eigenvalue weighted by atomic mass is 10.1. The number of halogens is 2. The van der Waals surface area contributed by atoms with Crippen LogP contribution in [0.5, 0.6) is 0 Å². The highest BCUT2D eigenvalue weighted by Crippen LogP contribution is 2.17. The van der Waals surface area contributed by atoms with Gasteiger partial charge < -0.3 is 15.7 Å². The molecule has 0 aromatic heterocycles. The third-order valence-electron chi connectivity index (χ3n) is 2.79. The molecule has 0 aliphatic carbocycles. The van der Waals surface area contributed by atoms with Gasteiger partial charge in [0.15, 0.2) is 0 Å². The third kappa shape index (κ3) is 4.73. The van der Waals surface area contributed by atoms with Crippen LogP contribution in [-0.4, -0.2) is 17.7 Å². The van der Waals surface area contributed by atoms with E-state index in [1.165, 1.54) is 24.3 Å². The number of benzene rings is 2. The van der Waals surface area contributed by atoms with Crippen LogP contribution in [-0.2, 0) is 0 Å². The normalized spacial score (nSPS) is 11.8. The standard InChI is InChI=1S/C15H14ClFN2O2/c16-11-3-1-2-10(8-11)14(20)9-18-15(21)19-13-6-4-12(17)5-7-13/h1-8,14,20H,9H2,(H2,18,19,21)/t14-/m1/s1. The average molecular weight is 309 g/mol. The maximum Gasteiger partial charge on any atom is 0.319 e. The van der Waals surface area contributed by atoms with Crippen molar-refractivity contribution in [1.82, 2.24) is 5.32 Å². The molecule has 0 saturated carbocycles. The predicted molar refractivity (Wildman–Crippen MR) is 79.8 cm³/mol. The summed E-state index contributed by atoms with van der Waals surface area (Å²) in [5.74, 6) is -0.377. The first-order valence-corrected chi connectivity index (χ1v) is 6.66. The maximum absolute atomic E-state index is 12.7. The molecule has 0 spiro atoms. The van der Waals surface area contributed by atoms with Crippen molar-refractivity contribution >= 4 is 23.3 Å². The van der Waals surface area contributed by atoms with Gasteiger partial charge >= 0.3 is 6.03 Å². The SMILES string of the molecule is O=C(NC[C@@H](O)c1cccc(Cl)c1)Nc1ccc(F)cc1. The van der Waals surface area contributed by atoms with Gasteiger partial charge in [-0.3, -0.25) is 0 Å². The van der Waals surface area contributed by atoms with Gasteiger partial charge in [0.05, 0.1) is 6.10 Å². The molecule has 0 saturated heterocycles. The Morgan fingerprint density at radius 3 is 2.62 bits per heavy atom. The summed E-state index contributed by atoms with van der Waals surface area (Å²) in [6.45, 7) is 0.0351. The first-order chi connectivity index (χ1) is 10.0. The summed E-state index contributed by atoms with van der Waals surface area (Å²) < 4.78 is 12.7. The molecule has 2 aromatic rings. The number of nitrogens with one attached hydrogen (secondary N) is 2. The largest absolute Gasteiger partial charge is 0.387 e. The number of aliphatic hydroxyl groups excluding tert-OH is 1. The monoisotopic (exact) mass is 308 g/mol. The molecule has 2 rings (SSSR count). The van der Waals surface area contributed by atoms with Crippen LogP contribution in [0, 0.1) is 5.82 Å². The van der Waals surface area contributed by atoms with E-state index < -0.39 is 12.1 Å². The minimum Gasteiger partial charge on any atom is -0.387 e. The van der Waals surface area contributed by atoms with Gasteiger partial charge in [-0.1, -0.05) is 23.7 Å². The van der Waals surface area contributed by atoms with E-state index in [4.69, 9.17) is 11.6 Å². The van der Waals surface area contributed by atoms with Gasteiger partial charge in [-0.15, -0.1) is 0 Å². The van der Waals surface area contributed by atoms with Crippen molar-refractivity contribution in [3.05, 3.63) is 64.9 Å². The lowest BCUT2D eigenvalue weighted by molar-refractivity contribution is 0.175. The summed E-state index contributed by atoms with van der Waals surface area (Å²) in [7, 11) is 0. The molecule has 0 unspecified atom stereocenters. The molecule has 110 valence electrons. The number of aliphatic hydroxyl groups is 1. The van der Waals surface area contributed by atoms with E-state index in [0.717, 1.165) is 0 Å². The highest BCUT2D eigenvalue weighted by atomic mass is 35.5. The van der Waals surface area contributed by atoms with Crippen LogP contribution in [0.4, 0.5) is 14.9 Å². The van der Waals surface area contributed by atoms with Crippen molar-refractivity contribution in [2.45, 2.75) is 6.10 Å². The van der Waals surface area contributed by atoms with E-state index >= 15 is 0 Å². The lowest BCUT2D eigenvalue weighted by Crippen LogP contribution is -2.32. The van der Waals surface area contributed by atoms with Crippen LogP contribution < -0.4 is 10.6 Å². The molecule has 3 N–H and O–H groups in total. The van der Waals surface area contributed by atoms with Gasteiger partial charge in [0, 0.05) is 17.3 Å².